The smallest absolute Gasteiger partial charge is 0.229 e. The highest BCUT2D eigenvalue weighted by Crippen LogP contribution is 2.42. The van der Waals surface area contributed by atoms with Crippen LogP contribution in [0.1, 0.15) is 37.9 Å². The third-order valence-electron chi connectivity index (χ3n) is 9.71. The summed E-state index contributed by atoms with van der Waals surface area (Å²) in [7, 11) is -1.02. The predicted molar refractivity (Wildman–Crippen MR) is 203 cm³/mol. The van der Waals surface area contributed by atoms with Gasteiger partial charge in [0.1, 0.15) is 18.7 Å². The molecule has 6 rings (SSSR count). The molecule has 0 spiro atoms. The third kappa shape index (κ3) is 7.56. The fourth-order valence-electron chi connectivity index (χ4n) is 7.15. The molecular weight excluding hydrogens is 703 g/mol. The Morgan fingerprint density at radius 1 is 1.04 bits per heavy atom. The van der Waals surface area contributed by atoms with Crippen LogP contribution in [-0.4, -0.2) is 96.4 Å². The normalized spacial score (nSPS) is 17.7. The first-order valence-corrected chi connectivity index (χ1v) is 20.3. The third-order valence-corrected chi connectivity index (χ3v) is 11.9. The Bertz CT molecular complexity index is 1890. The zero-order valence-electron chi connectivity index (χ0n) is 29.2. The maximum Gasteiger partial charge on any atom is 0.229 e. The van der Waals surface area contributed by atoms with E-state index in [1.54, 1.807) is 26.6 Å². The maximum atomic E-state index is 13.6. The van der Waals surface area contributed by atoms with E-state index in [1.807, 2.05) is 36.1 Å². The fourth-order valence-corrected chi connectivity index (χ4v) is 8.92. The second-order valence-electron chi connectivity index (χ2n) is 13.4. The number of aromatic nitrogens is 3. The Morgan fingerprint density at radius 2 is 1.82 bits per heavy atom. The van der Waals surface area contributed by atoms with Crippen molar-refractivity contribution >= 4 is 74.5 Å². The molecule has 2 aliphatic heterocycles. The minimum absolute atomic E-state index is 0.256. The van der Waals surface area contributed by atoms with Gasteiger partial charge in [-0.15, -0.1) is 0 Å². The number of nitrogens with zero attached hydrogens (tertiary/aromatic N) is 6. The number of amides is 1. The minimum atomic E-state index is -2.70. The number of pyridine rings is 1. The van der Waals surface area contributed by atoms with Crippen LogP contribution in [0.4, 0.5) is 28.8 Å². The number of nitrogens with one attached hydrogen (secondary N) is 2. The van der Waals surface area contributed by atoms with Crippen LogP contribution in [-0.2, 0) is 15.8 Å². The average Bonchev–Trinajstić information content (AvgIpc) is 3.09. The first kappa shape index (κ1) is 35.1. The Kier molecular flexibility index (Phi) is 10.5. The molecule has 0 saturated carbocycles. The van der Waals surface area contributed by atoms with E-state index < -0.39 is 7.14 Å². The molecule has 0 radical (unpaired) electrons. The molecule has 4 heterocycles. The summed E-state index contributed by atoms with van der Waals surface area (Å²) < 4.78 is 20.1. The van der Waals surface area contributed by atoms with Gasteiger partial charge in [0, 0.05) is 79.1 Å². The topological polar surface area (TPSA) is 116 Å². The number of aryl methyl sites for hydroxylation is 2. The van der Waals surface area contributed by atoms with Crippen molar-refractivity contribution in [2.75, 3.05) is 68.7 Å². The lowest BCUT2D eigenvalue weighted by molar-refractivity contribution is -0.122. The van der Waals surface area contributed by atoms with Crippen molar-refractivity contribution in [3.63, 3.8) is 0 Å². The van der Waals surface area contributed by atoms with E-state index in [4.69, 9.17) is 9.72 Å². The summed E-state index contributed by atoms with van der Waals surface area (Å²) in [6.45, 7) is 14.4. The summed E-state index contributed by atoms with van der Waals surface area (Å²) in [4.78, 5) is 32.3. The molecular formula is C36H46BrN8O3P. The number of methoxy groups -OCH3 is 1. The van der Waals surface area contributed by atoms with Gasteiger partial charge in [0.2, 0.25) is 12.4 Å². The zero-order valence-corrected chi connectivity index (χ0v) is 31.6. The summed E-state index contributed by atoms with van der Waals surface area (Å²) in [5.41, 5.74) is 5.63. The largest absolute Gasteiger partial charge is 0.494 e. The number of ether oxygens (including phenoxy) is 1. The number of carbonyl (C=O) groups excluding carboxylic acids is 1. The van der Waals surface area contributed by atoms with E-state index >= 15 is 0 Å². The van der Waals surface area contributed by atoms with Gasteiger partial charge >= 0.3 is 0 Å². The van der Waals surface area contributed by atoms with E-state index in [2.05, 4.69) is 72.3 Å². The molecule has 1 atom stereocenters. The van der Waals surface area contributed by atoms with E-state index in [1.165, 1.54) is 11.3 Å². The number of benzene rings is 2. The Labute approximate surface area is 297 Å². The monoisotopic (exact) mass is 748 g/mol. The van der Waals surface area contributed by atoms with Gasteiger partial charge in [0.05, 0.1) is 28.5 Å². The molecule has 0 bridgehead atoms. The molecule has 2 saturated heterocycles. The van der Waals surface area contributed by atoms with Crippen LogP contribution in [0.5, 0.6) is 5.75 Å². The quantitative estimate of drug-likeness (QED) is 0.137. The minimum Gasteiger partial charge on any atom is -0.494 e. The van der Waals surface area contributed by atoms with Gasteiger partial charge in [-0.3, -0.25) is 14.7 Å². The highest BCUT2D eigenvalue weighted by atomic mass is 79.9. The number of piperazine rings is 1. The van der Waals surface area contributed by atoms with Crippen molar-refractivity contribution in [1.29, 1.82) is 0 Å². The van der Waals surface area contributed by atoms with Crippen LogP contribution in [0.2, 0.25) is 0 Å². The van der Waals surface area contributed by atoms with Gasteiger partial charge in [-0.2, -0.15) is 4.98 Å². The molecule has 2 aromatic carbocycles. The van der Waals surface area contributed by atoms with Crippen LogP contribution in [0.25, 0.3) is 10.9 Å². The van der Waals surface area contributed by atoms with Crippen molar-refractivity contribution < 1.29 is 14.1 Å². The van der Waals surface area contributed by atoms with Gasteiger partial charge in [-0.05, 0) is 92.2 Å². The number of rotatable bonds is 10. The molecule has 4 aromatic rings. The molecule has 49 heavy (non-hydrogen) atoms. The standard InChI is InChI=1S/C36H46BrN8O3P/c1-7-25-18-31(33(48-4)19-32(25)43-14-12-26(13-15-43)44-16-17-45(22-46)24(3)21-44)41-36-38-20-28(37)35(42-36)40-30-11-10-29-27(9-8-23(2)39-29)34(30)49(5,6)47/h8-11,18-20,22,24,26H,7,12-17,21H2,1-6H3,(H2,38,40,41,42). The lowest BCUT2D eigenvalue weighted by atomic mass is 9.99. The number of piperidine rings is 1. The van der Waals surface area contributed by atoms with E-state index in [0.29, 0.717) is 33.7 Å². The summed E-state index contributed by atoms with van der Waals surface area (Å²) in [6, 6.07) is 12.8. The predicted octanol–water partition coefficient (Wildman–Crippen LogP) is 6.53. The van der Waals surface area contributed by atoms with Crippen molar-refractivity contribution in [3.05, 3.63) is 58.3 Å². The fraction of sp³-hybridized carbons (Fsp3) is 0.444. The second kappa shape index (κ2) is 14.6. The van der Waals surface area contributed by atoms with Crippen molar-refractivity contribution in [3.8, 4) is 5.75 Å². The number of hydrogen-bond donors (Lipinski definition) is 2. The Balaban J connectivity index is 1.21. The average molecular weight is 750 g/mol. The second-order valence-corrected chi connectivity index (χ2v) is 17.4. The number of anilines is 5. The molecule has 0 aliphatic carbocycles. The summed E-state index contributed by atoms with van der Waals surface area (Å²) in [6.07, 6.45) is 5.72. The zero-order chi connectivity index (χ0) is 34.9. The number of halogens is 1. The SMILES string of the molecule is CCc1cc(Nc2ncc(Br)c(Nc3ccc4nc(C)ccc4c3P(C)(C)=O)n2)c(OC)cc1N1CCC(N2CCN(C=O)C(C)C2)CC1. The van der Waals surface area contributed by atoms with Gasteiger partial charge < -0.3 is 29.7 Å². The van der Waals surface area contributed by atoms with Crippen LogP contribution < -0.4 is 25.6 Å². The Hall–Kier alpha value is -3.73. The van der Waals surface area contributed by atoms with E-state index in [9.17, 15) is 9.36 Å². The molecule has 260 valence electrons. The maximum absolute atomic E-state index is 13.6. The molecule has 2 fully saturated rings. The van der Waals surface area contributed by atoms with Gasteiger partial charge in [-0.1, -0.05) is 13.0 Å². The van der Waals surface area contributed by atoms with Gasteiger partial charge in [0.25, 0.3) is 0 Å². The first-order chi connectivity index (χ1) is 23.5. The van der Waals surface area contributed by atoms with Crippen molar-refractivity contribution in [2.24, 2.45) is 0 Å². The first-order valence-electron chi connectivity index (χ1n) is 16.9. The van der Waals surface area contributed by atoms with Crippen molar-refractivity contribution in [1.82, 2.24) is 24.8 Å². The molecule has 2 aliphatic rings. The summed E-state index contributed by atoms with van der Waals surface area (Å²) in [5.74, 6) is 1.66. The number of carbonyl (C=O) groups is 1. The highest BCUT2D eigenvalue weighted by molar-refractivity contribution is 9.10. The molecule has 13 heteroatoms. The van der Waals surface area contributed by atoms with E-state index in [-0.39, 0.29) is 6.04 Å². The summed E-state index contributed by atoms with van der Waals surface area (Å²) in [5, 5.41) is 8.42. The molecule has 11 nitrogen and oxygen atoms in total. The highest BCUT2D eigenvalue weighted by Gasteiger charge is 2.31. The van der Waals surface area contributed by atoms with Crippen LogP contribution in [0.3, 0.4) is 0 Å². The summed E-state index contributed by atoms with van der Waals surface area (Å²) >= 11 is 3.60. The van der Waals surface area contributed by atoms with Gasteiger partial charge in [-0.25, -0.2) is 4.98 Å². The van der Waals surface area contributed by atoms with Crippen LogP contribution in [0.15, 0.2) is 47.1 Å². The van der Waals surface area contributed by atoms with Gasteiger partial charge in [0.15, 0.2) is 0 Å². The molecule has 2 aromatic heterocycles. The molecule has 2 N–H and O–H groups in total. The van der Waals surface area contributed by atoms with Crippen molar-refractivity contribution in [2.45, 2.75) is 52.1 Å². The molecule has 1 amide bonds. The van der Waals surface area contributed by atoms with Crippen LogP contribution >= 0.6 is 23.1 Å². The lowest BCUT2D eigenvalue weighted by Gasteiger charge is -2.45. The molecule has 1 unspecified atom stereocenters. The van der Waals surface area contributed by atoms with E-state index in [0.717, 1.165) is 86.0 Å². The Morgan fingerprint density at radius 3 is 2.49 bits per heavy atom. The number of fused-ring (bicyclic) bond motifs is 1. The number of hydrogen-bond acceptors (Lipinski definition) is 10. The lowest BCUT2D eigenvalue weighted by Crippen LogP contribution is -2.56. The van der Waals surface area contributed by atoms with Crippen LogP contribution in [0, 0.1) is 6.92 Å².